The van der Waals surface area contributed by atoms with E-state index in [4.69, 9.17) is 15.2 Å². The monoisotopic (exact) mass is 295 g/mol. The molecule has 1 rings (SSSR count). The highest BCUT2D eigenvalue weighted by Gasteiger charge is 2.09. The summed E-state index contributed by atoms with van der Waals surface area (Å²) in [7, 11) is 4.62. The summed E-state index contributed by atoms with van der Waals surface area (Å²) in [5, 5.41) is 2.72. The van der Waals surface area contributed by atoms with Gasteiger partial charge in [-0.1, -0.05) is 6.07 Å². The van der Waals surface area contributed by atoms with Crippen molar-refractivity contribution in [3.8, 4) is 11.5 Å². The van der Waals surface area contributed by atoms with Crippen LogP contribution in [0.25, 0.3) is 0 Å². The lowest BCUT2D eigenvalue weighted by Crippen LogP contribution is -2.41. The lowest BCUT2D eigenvalue weighted by atomic mass is 10.1. The molecule has 0 aliphatic heterocycles. The molecule has 0 bridgehead atoms. The zero-order valence-electron chi connectivity index (χ0n) is 12.5. The highest BCUT2D eigenvalue weighted by molar-refractivity contribution is 5.83. The second-order valence-corrected chi connectivity index (χ2v) is 4.48. The lowest BCUT2D eigenvalue weighted by molar-refractivity contribution is -0.121. The average Bonchev–Trinajstić information content (AvgIpc) is 2.46. The van der Waals surface area contributed by atoms with Gasteiger partial charge < -0.3 is 25.4 Å². The van der Waals surface area contributed by atoms with Gasteiger partial charge in [0.1, 0.15) is 6.54 Å². The Morgan fingerprint density at radius 2 is 1.90 bits per heavy atom. The van der Waals surface area contributed by atoms with Crippen molar-refractivity contribution in [1.82, 2.24) is 10.2 Å². The Morgan fingerprint density at radius 1 is 1.24 bits per heavy atom. The molecule has 21 heavy (non-hydrogen) atoms. The number of urea groups is 1. The number of primary amides is 1. The molecule has 116 valence electrons. The zero-order chi connectivity index (χ0) is 15.8. The third kappa shape index (κ3) is 5.21. The smallest absolute Gasteiger partial charge is 0.314 e. The normalized spacial score (nSPS) is 9.86. The van der Waals surface area contributed by atoms with E-state index in [-0.39, 0.29) is 12.5 Å². The molecule has 0 spiro atoms. The molecule has 0 saturated heterocycles. The molecular weight excluding hydrogens is 274 g/mol. The van der Waals surface area contributed by atoms with Gasteiger partial charge in [-0.15, -0.1) is 0 Å². The van der Waals surface area contributed by atoms with Gasteiger partial charge in [0.05, 0.1) is 14.2 Å². The molecule has 7 heteroatoms. The fourth-order valence-corrected chi connectivity index (χ4v) is 1.73. The predicted octanol–water partition coefficient (Wildman–Crippen LogP) is 0.373. The number of amides is 3. The lowest BCUT2D eigenvalue weighted by Gasteiger charge is -2.14. The van der Waals surface area contributed by atoms with Crippen LogP contribution in [0.1, 0.15) is 5.56 Å². The number of methoxy groups -OCH3 is 2. The van der Waals surface area contributed by atoms with E-state index in [1.165, 1.54) is 7.05 Å². The zero-order valence-corrected chi connectivity index (χ0v) is 12.5. The van der Waals surface area contributed by atoms with Crippen molar-refractivity contribution in [2.45, 2.75) is 6.42 Å². The minimum atomic E-state index is -0.634. The van der Waals surface area contributed by atoms with Crippen LogP contribution in [0.4, 0.5) is 4.79 Å². The number of benzene rings is 1. The fourth-order valence-electron chi connectivity index (χ4n) is 1.73. The highest BCUT2D eigenvalue weighted by Crippen LogP contribution is 2.27. The summed E-state index contributed by atoms with van der Waals surface area (Å²) < 4.78 is 10.4. The van der Waals surface area contributed by atoms with E-state index in [9.17, 15) is 9.59 Å². The summed E-state index contributed by atoms with van der Waals surface area (Å²) in [5.74, 6) is 1.06. The second-order valence-electron chi connectivity index (χ2n) is 4.48. The molecule has 0 aromatic heterocycles. The fraction of sp³-hybridized carbons (Fsp3) is 0.429. The highest BCUT2D eigenvalue weighted by atomic mass is 16.5. The molecule has 0 unspecified atom stereocenters. The molecule has 0 aliphatic carbocycles. The SMILES string of the molecule is COc1ccc(CCNC(=O)CN(C)C(N)=O)cc1OC. The van der Waals surface area contributed by atoms with Crippen molar-refractivity contribution in [3.63, 3.8) is 0 Å². The van der Waals surface area contributed by atoms with E-state index in [0.29, 0.717) is 24.5 Å². The van der Waals surface area contributed by atoms with Crippen molar-refractivity contribution in [3.05, 3.63) is 23.8 Å². The first-order valence-corrected chi connectivity index (χ1v) is 6.46. The second kappa shape index (κ2) is 7.98. The van der Waals surface area contributed by atoms with Crippen LogP contribution in [0.5, 0.6) is 11.5 Å². The van der Waals surface area contributed by atoms with Gasteiger partial charge in [0.15, 0.2) is 11.5 Å². The third-order valence-electron chi connectivity index (χ3n) is 2.94. The Hall–Kier alpha value is -2.44. The van der Waals surface area contributed by atoms with E-state index >= 15 is 0 Å². The maximum atomic E-state index is 11.6. The molecule has 0 aliphatic rings. The summed E-state index contributed by atoms with van der Waals surface area (Å²) >= 11 is 0. The van der Waals surface area contributed by atoms with E-state index in [1.807, 2.05) is 18.2 Å². The predicted molar refractivity (Wildman–Crippen MR) is 78.5 cm³/mol. The largest absolute Gasteiger partial charge is 0.493 e. The molecular formula is C14H21N3O4. The van der Waals surface area contributed by atoms with Gasteiger partial charge in [-0.25, -0.2) is 4.79 Å². The van der Waals surface area contributed by atoms with Crippen LogP contribution in [0, 0.1) is 0 Å². The first-order chi connectivity index (χ1) is 9.97. The number of rotatable bonds is 7. The molecule has 0 fully saturated rings. The van der Waals surface area contributed by atoms with E-state index < -0.39 is 6.03 Å². The standard InChI is InChI=1S/C14H21N3O4/c1-17(14(15)19)9-13(18)16-7-6-10-4-5-11(20-2)12(8-10)21-3/h4-5,8H,6-7,9H2,1-3H3,(H2,15,19)(H,16,18). The van der Waals surface area contributed by atoms with Crippen molar-refractivity contribution in [2.24, 2.45) is 5.73 Å². The number of nitrogens with one attached hydrogen (secondary N) is 1. The molecule has 7 nitrogen and oxygen atoms in total. The first-order valence-electron chi connectivity index (χ1n) is 6.46. The first kappa shape index (κ1) is 16.6. The van der Waals surface area contributed by atoms with Gasteiger partial charge in [0.2, 0.25) is 5.91 Å². The molecule has 1 aromatic rings. The van der Waals surface area contributed by atoms with Crippen molar-refractivity contribution in [1.29, 1.82) is 0 Å². The Kier molecular flexibility index (Phi) is 6.32. The van der Waals surface area contributed by atoms with Crippen molar-refractivity contribution < 1.29 is 19.1 Å². The number of likely N-dealkylation sites (N-methyl/N-ethyl adjacent to an activating group) is 1. The van der Waals surface area contributed by atoms with Gasteiger partial charge >= 0.3 is 6.03 Å². The number of carbonyl (C=O) groups excluding carboxylic acids is 2. The summed E-state index contributed by atoms with van der Waals surface area (Å²) in [6.07, 6.45) is 0.645. The van der Waals surface area contributed by atoms with Crippen molar-refractivity contribution >= 4 is 11.9 Å². The number of carbonyl (C=O) groups is 2. The molecule has 0 radical (unpaired) electrons. The Labute approximate surface area is 124 Å². The maximum Gasteiger partial charge on any atom is 0.314 e. The van der Waals surface area contributed by atoms with Gasteiger partial charge in [-0.2, -0.15) is 0 Å². The third-order valence-corrected chi connectivity index (χ3v) is 2.94. The molecule has 0 atom stereocenters. The van der Waals surface area contributed by atoms with Crippen molar-refractivity contribution in [2.75, 3.05) is 34.4 Å². The minimum absolute atomic E-state index is 0.0543. The van der Waals surface area contributed by atoms with Crippen LogP contribution in [-0.2, 0) is 11.2 Å². The summed E-state index contributed by atoms with van der Waals surface area (Å²) in [4.78, 5) is 23.5. The quantitative estimate of drug-likeness (QED) is 0.760. The Balaban J connectivity index is 2.45. The summed E-state index contributed by atoms with van der Waals surface area (Å²) in [6.45, 7) is 0.405. The Bertz CT molecular complexity index is 505. The Morgan fingerprint density at radius 3 is 2.48 bits per heavy atom. The van der Waals surface area contributed by atoms with Crippen LogP contribution in [0.3, 0.4) is 0 Å². The van der Waals surface area contributed by atoms with Crippen LogP contribution in [0.15, 0.2) is 18.2 Å². The topological polar surface area (TPSA) is 93.9 Å². The van der Waals surface area contributed by atoms with Gasteiger partial charge in [0.25, 0.3) is 0 Å². The van der Waals surface area contributed by atoms with E-state index in [2.05, 4.69) is 5.32 Å². The molecule has 3 amide bonds. The van der Waals surface area contributed by atoms with Gasteiger partial charge in [-0.05, 0) is 24.1 Å². The summed E-state index contributed by atoms with van der Waals surface area (Å²) in [5.41, 5.74) is 6.05. The number of nitrogens with two attached hydrogens (primary N) is 1. The average molecular weight is 295 g/mol. The van der Waals surface area contributed by atoms with Gasteiger partial charge in [-0.3, -0.25) is 4.79 Å². The van der Waals surface area contributed by atoms with Crippen LogP contribution in [-0.4, -0.2) is 51.2 Å². The summed E-state index contributed by atoms with van der Waals surface area (Å²) in [6, 6.07) is 4.95. The number of ether oxygens (including phenoxy) is 2. The van der Waals surface area contributed by atoms with Gasteiger partial charge in [0, 0.05) is 13.6 Å². The number of hydrogen-bond donors (Lipinski definition) is 2. The maximum absolute atomic E-state index is 11.6. The van der Waals surface area contributed by atoms with Crippen LogP contribution >= 0.6 is 0 Å². The van der Waals surface area contributed by atoms with E-state index in [1.54, 1.807) is 14.2 Å². The number of nitrogens with zero attached hydrogens (tertiary/aromatic N) is 1. The molecule has 1 aromatic carbocycles. The van der Waals surface area contributed by atoms with Crippen LogP contribution in [0.2, 0.25) is 0 Å². The molecule has 0 saturated carbocycles. The molecule has 0 heterocycles. The minimum Gasteiger partial charge on any atom is -0.493 e. The van der Waals surface area contributed by atoms with Crippen LogP contribution < -0.4 is 20.5 Å². The number of hydrogen-bond acceptors (Lipinski definition) is 4. The molecule has 3 N–H and O–H groups in total. The van der Waals surface area contributed by atoms with E-state index in [0.717, 1.165) is 10.5 Å².